The summed E-state index contributed by atoms with van der Waals surface area (Å²) in [5.41, 5.74) is 3.40. The number of hydrogen-bond acceptors (Lipinski definition) is 0. The lowest BCUT2D eigenvalue weighted by Crippen LogP contribution is -2.34. The Morgan fingerprint density at radius 3 is 2.53 bits per heavy atom. The van der Waals surface area contributed by atoms with Crippen LogP contribution >= 0.6 is 22.6 Å². The van der Waals surface area contributed by atoms with Gasteiger partial charge in [0.1, 0.15) is 0 Å². The van der Waals surface area contributed by atoms with Crippen LogP contribution in [0.4, 0.5) is 0 Å². The molecule has 8 aliphatic rings. The zero-order valence-electron chi connectivity index (χ0n) is 8.49. The Kier molecular flexibility index (Phi) is 1.69. The summed E-state index contributed by atoms with van der Waals surface area (Å²) in [6, 6.07) is 0. The normalized spacial score (nSPS) is 44.7. The zero-order valence-corrected chi connectivity index (χ0v) is 10.6. The molecule has 0 amide bonds. The van der Waals surface area contributed by atoms with Crippen LogP contribution in [0.25, 0.3) is 0 Å². The van der Waals surface area contributed by atoms with E-state index in [0.717, 1.165) is 11.8 Å². The van der Waals surface area contributed by atoms with E-state index >= 15 is 0 Å². The maximum atomic E-state index is 2.54. The lowest BCUT2D eigenvalue weighted by molar-refractivity contribution is 0.350. The van der Waals surface area contributed by atoms with Crippen molar-refractivity contribution in [1.82, 2.24) is 0 Å². The minimum atomic E-state index is 0.700. The minimum Gasteiger partial charge on any atom is -0.0839 e. The number of halogens is 1. The molecule has 0 radical (unpaired) electrons. The van der Waals surface area contributed by atoms with E-state index in [0.29, 0.717) is 11.8 Å². The molecular formula is C14H13I. The smallest absolute Gasteiger partial charge is 0.0128 e. The molecule has 0 N–H and O–H groups in total. The third kappa shape index (κ3) is 1.08. The van der Waals surface area contributed by atoms with Crippen molar-refractivity contribution < 1.29 is 0 Å². The van der Waals surface area contributed by atoms with Crippen LogP contribution in [-0.4, -0.2) is 0 Å². The molecule has 1 saturated carbocycles. The van der Waals surface area contributed by atoms with Crippen LogP contribution in [0.5, 0.6) is 0 Å². The average molecular weight is 308 g/mol. The SMILES string of the molecule is IC1=C2C[C@H]3C=CC2C2C=CC3CC2=C1. The quantitative estimate of drug-likeness (QED) is 0.468. The third-order valence-corrected chi connectivity index (χ3v) is 5.45. The van der Waals surface area contributed by atoms with E-state index in [1.165, 1.54) is 16.4 Å². The van der Waals surface area contributed by atoms with Crippen LogP contribution in [0.3, 0.4) is 0 Å². The number of allylic oxidation sites excluding steroid dienone is 8. The van der Waals surface area contributed by atoms with E-state index in [1.807, 2.05) is 0 Å². The first-order chi connectivity index (χ1) is 7.33. The van der Waals surface area contributed by atoms with Gasteiger partial charge in [0.2, 0.25) is 0 Å². The summed E-state index contributed by atoms with van der Waals surface area (Å²) in [7, 11) is 0. The van der Waals surface area contributed by atoms with E-state index in [4.69, 9.17) is 0 Å². The maximum Gasteiger partial charge on any atom is 0.0128 e. The first-order valence-electron chi connectivity index (χ1n) is 5.78. The van der Waals surface area contributed by atoms with E-state index in [2.05, 4.69) is 53.0 Å². The standard InChI is InChI=1S/C14H13I/c15-14-7-10-5-8-1-3-11(10)12-4-2-9(8)6-13(12)14/h1-4,7-9,11-12H,5-6H2/t8?,9-,11?,12?/m1/s1. The summed E-state index contributed by atoms with van der Waals surface area (Å²) in [5.74, 6) is 2.96. The zero-order chi connectivity index (χ0) is 9.99. The molecule has 0 nitrogen and oxygen atoms in total. The van der Waals surface area contributed by atoms with E-state index in [9.17, 15) is 0 Å². The summed E-state index contributed by atoms with van der Waals surface area (Å²) in [6.07, 6.45) is 15.0. The minimum absolute atomic E-state index is 0.700. The predicted molar refractivity (Wildman–Crippen MR) is 70.6 cm³/mol. The van der Waals surface area contributed by atoms with E-state index < -0.39 is 0 Å². The van der Waals surface area contributed by atoms with Crippen molar-refractivity contribution in [2.45, 2.75) is 12.8 Å². The summed E-state index contributed by atoms with van der Waals surface area (Å²) in [4.78, 5) is 0. The monoisotopic (exact) mass is 308 g/mol. The maximum absolute atomic E-state index is 2.54. The largest absolute Gasteiger partial charge is 0.0839 e. The molecule has 1 fully saturated rings. The second kappa shape index (κ2) is 2.88. The Morgan fingerprint density at radius 2 is 1.67 bits per heavy atom. The van der Waals surface area contributed by atoms with Crippen molar-refractivity contribution in [2.24, 2.45) is 23.7 Å². The highest BCUT2D eigenvalue weighted by molar-refractivity contribution is 14.1. The van der Waals surface area contributed by atoms with Crippen molar-refractivity contribution in [2.75, 3.05) is 0 Å². The molecule has 0 saturated heterocycles. The summed E-state index contributed by atoms with van der Waals surface area (Å²) >= 11 is 2.54. The second-order valence-electron chi connectivity index (χ2n) is 5.15. The molecular weight excluding hydrogens is 295 g/mol. The topological polar surface area (TPSA) is 0 Å². The van der Waals surface area contributed by atoms with Crippen LogP contribution in [0.1, 0.15) is 12.8 Å². The third-order valence-electron chi connectivity index (χ3n) is 4.44. The first-order valence-corrected chi connectivity index (χ1v) is 6.86. The van der Waals surface area contributed by atoms with Crippen LogP contribution in [-0.2, 0) is 0 Å². The van der Waals surface area contributed by atoms with Crippen molar-refractivity contribution in [3.63, 3.8) is 0 Å². The van der Waals surface area contributed by atoms with Gasteiger partial charge in [0, 0.05) is 15.4 Å². The molecule has 8 aliphatic carbocycles. The van der Waals surface area contributed by atoms with Gasteiger partial charge in [-0.05, 0) is 58.9 Å². The fourth-order valence-electron chi connectivity index (χ4n) is 3.64. The Balaban J connectivity index is 2.03. The van der Waals surface area contributed by atoms with Gasteiger partial charge in [-0.25, -0.2) is 0 Å². The molecule has 4 atom stereocenters. The van der Waals surface area contributed by atoms with Crippen molar-refractivity contribution in [3.8, 4) is 0 Å². The molecule has 3 unspecified atom stereocenters. The van der Waals surface area contributed by atoms with E-state index in [-0.39, 0.29) is 0 Å². The van der Waals surface area contributed by atoms with Gasteiger partial charge < -0.3 is 0 Å². The molecule has 0 aliphatic heterocycles. The molecule has 0 heterocycles. The molecule has 0 spiro atoms. The van der Waals surface area contributed by atoms with Crippen LogP contribution < -0.4 is 0 Å². The van der Waals surface area contributed by atoms with Gasteiger partial charge >= 0.3 is 0 Å². The van der Waals surface area contributed by atoms with Gasteiger partial charge in [0.25, 0.3) is 0 Å². The molecule has 8 rings (SSSR count). The molecule has 76 valence electrons. The van der Waals surface area contributed by atoms with Crippen molar-refractivity contribution in [1.29, 1.82) is 0 Å². The van der Waals surface area contributed by atoms with Gasteiger partial charge in [0.15, 0.2) is 0 Å². The molecule has 0 aromatic rings. The number of rotatable bonds is 0. The molecule has 1 heteroatoms. The van der Waals surface area contributed by atoms with E-state index in [1.54, 1.807) is 11.1 Å². The first kappa shape index (κ1) is 8.80. The van der Waals surface area contributed by atoms with Crippen molar-refractivity contribution >= 4 is 22.6 Å². The highest BCUT2D eigenvalue weighted by atomic mass is 127. The Bertz CT molecular complexity index is 450. The second-order valence-corrected chi connectivity index (χ2v) is 6.31. The van der Waals surface area contributed by atoms with Crippen molar-refractivity contribution in [3.05, 3.63) is 45.1 Å². The summed E-state index contributed by atoms with van der Waals surface area (Å²) in [5, 5.41) is 0. The lowest BCUT2D eigenvalue weighted by atomic mass is 9.60. The average Bonchev–Trinajstić information content (AvgIpc) is 2.24. The van der Waals surface area contributed by atoms with Gasteiger partial charge in [-0.2, -0.15) is 0 Å². The summed E-state index contributed by atoms with van der Waals surface area (Å²) < 4.78 is 1.53. The van der Waals surface area contributed by atoms with Gasteiger partial charge in [-0.15, -0.1) is 0 Å². The molecule has 0 aromatic carbocycles. The highest BCUT2D eigenvalue weighted by Crippen LogP contribution is 2.53. The molecule has 6 bridgehead atoms. The molecule has 0 aromatic heterocycles. The predicted octanol–water partition coefficient (Wildman–Crippen LogP) is 4.01. The Labute approximate surface area is 104 Å². The Morgan fingerprint density at radius 1 is 0.933 bits per heavy atom. The summed E-state index contributed by atoms with van der Waals surface area (Å²) in [6.45, 7) is 0. The number of fused-ring (bicyclic) bond motifs is 1. The Hall–Kier alpha value is -0.310. The van der Waals surface area contributed by atoms with Crippen LogP contribution in [0.2, 0.25) is 0 Å². The van der Waals surface area contributed by atoms with Crippen LogP contribution in [0, 0.1) is 23.7 Å². The van der Waals surface area contributed by atoms with Crippen LogP contribution in [0.15, 0.2) is 45.1 Å². The highest BCUT2D eigenvalue weighted by Gasteiger charge is 2.40. The van der Waals surface area contributed by atoms with Gasteiger partial charge in [-0.1, -0.05) is 29.9 Å². The molecule has 15 heavy (non-hydrogen) atoms. The lowest BCUT2D eigenvalue weighted by Gasteiger charge is -2.45. The fraction of sp³-hybridized carbons (Fsp3) is 0.429. The van der Waals surface area contributed by atoms with Gasteiger partial charge in [-0.3, -0.25) is 0 Å². The fourth-order valence-corrected chi connectivity index (χ4v) is 4.62. The van der Waals surface area contributed by atoms with Gasteiger partial charge in [0.05, 0.1) is 0 Å². The number of hydrogen-bond donors (Lipinski definition) is 0.